The molecular weight excluding hydrogens is 210 g/mol. The SMILES string of the molecule is c1ccc2c3cc4c(oc-3nc2c1)CCCC4. The van der Waals surface area contributed by atoms with Crippen LogP contribution in [-0.4, -0.2) is 4.98 Å². The molecule has 1 aromatic carbocycles. The zero-order valence-corrected chi connectivity index (χ0v) is 9.57. The average Bonchev–Trinajstić information content (AvgIpc) is 2.73. The summed E-state index contributed by atoms with van der Waals surface area (Å²) < 4.78 is 5.96. The highest BCUT2D eigenvalue weighted by atomic mass is 16.3. The molecule has 17 heavy (non-hydrogen) atoms. The van der Waals surface area contributed by atoms with Crippen molar-refractivity contribution in [2.24, 2.45) is 0 Å². The smallest absolute Gasteiger partial charge is 0.227 e. The van der Waals surface area contributed by atoms with Gasteiger partial charge in [-0.05, 0) is 37.0 Å². The van der Waals surface area contributed by atoms with Crippen molar-refractivity contribution in [3.63, 3.8) is 0 Å². The van der Waals surface area contributed by atoms with Crippen molar-refractivity contribution in [2.75, 3.05) is 0 Å². The van der Waals surface area contributed by atoms with Crippen molar-refractivity contribution >= 4 is 10.9 Å². The van der Waals surface area contributed by atoms with E-state index in [9.17, 15) is 0 Å². The molecule has 1 aliphatic carbocycles. The average molecular weight is 223 g/mol. The molecule has 0 amide bonds. The van der Waals surface area contributed by atoms with E-state index in [0.29, 0.717) is 0 Å². The number of hydrogen-bond donors (Lipinski definition) is 0. The van der Waals surface area contributed by atoms with Crippen LogP contribution in [0.3, 0.4) is 0 Å². The van der Waals surface area contributed by atoms with Crippen LogP contribution in [0, 0.1) is 0 Å². The third kappa shape index (κ3) is 1.30. The van der Waals surface area contributed by atoms with Gasteiger partial charge in [0.25, 0.3) is 0 Å². The molecule has 0 N–H and O–H groups in total. The summed E-state index contributed by atoms with van der Waals surface area (Å²) in [6, 6.07) is 10.5. The highest BCUT2D eigenvalue weighted by Gasteiger charge is 2.19. The minimum Gasteiger partial charge on any atom is -0.442 e. The maximum atomic E-state index is 5.96. The Kier molecular flexibility index (Phi) is 1.81. The standard InChI is InChI=1S/C15H13NO/c1-4-8-14-10(5-1)9-12-11-6-2-3-7-13(11)16-15(12)17-14/h2-3,6-7,9H,1,4-5,8H2. The van der Waals surface area contributed by atoms with Crippen molar-refractivity contribution in [1.82, 2.24) is 4.98 Å². The first-order valence-electron chi connectivity index (χ1n) is 6.22. The third-order valence-corrected chi connectivity index (χ3v) is 3.64. The summed E-state index contributed by atoms with van der Waals surface area (Å²) in [7, 11) is 0. The monoisotopic (exact) mass is 223 g/mol. The lowest BCUT2D eigenvalue weighted by Gasteiger charge is -2.15. The minimum absolute atomic E-state index is 0.798. The topological polar surface area (TPSA) is 26.0 Å². The van der Waals surface area contributed by atoms with E-state index >= 15 is 0 Å². The predicted octanol–water partition coefficient (Wildman–Crippen LogP) is 3.81. The second kappa shape index (κ2) is 3.33. The van der Waals surface area contributed by atoms with Gasteiger partial charge in [-0.25, -0.2) is 4.98 Å². The molecule has 0 fully saturated rings. The molecule has 3 aliphatic rings. The quantitative estimate of drug-likeness (QED) is 0.579. The van der Waals surface area contributed by atoms with Gasteiger partial charge in [0.1, 0.15) is 5.76 Å². The number of hydrogen-bond acceptors (Lipinski definition) is 2. The number of nitrogens with zero attached hydrogens (tertiary/aromatic N) is 1. The molecule has 0 atom stereocenters. The van der Waals surface area contributed by atoms with Crippen LogP contribution >= 0.6 is 0 Å². The Balaban J connectivity index is 2.08. The van der Waals surface area contributed by atoms with Gasteiger partial charge in [-0.2, -0.15) is 0 Å². The highest BCUT2D eigenvalue weighted by Crippen LogP contribution is 2.35. The molecule has 2 heteroatoms. The van der Waals surface area contributed by atoms with E-state index in [-0.39, 0.29) is 0 Å². The second-order valence-electron chi connectivity index (χ2n) is 4.75. The zero-order valence-electron chi connectivity index (χ0n) is 9.57. The van der Waals surface area contributed by atoms with Gasteiger partial charge in [0.05, 0.1) is 5.52 Å². The Morgan fingerprint density at radius 1 is 1.06 bits per heavy atom. The van der Waals surface area contributed by atoms with Gasteiger partial charge in [-0.3, -0.25) is 0 Å². The molecular formula is C15H13NO. The van der Waals surface area contributed by atoms with Gasteiger partial charge in [-0.15, -0.1) is 0 Å². The zero-order chi connectivity index (χ0) is 11.2. The molecule has 1 aromatic rings. The van der Waals surface area contributed by atoms with Crippen LogP contribution < -0.4 is 0 Å². The number of rotatable bonds is 0. The molecule has 0 spiro atoms. The largest absolute Gasteiger partial charge is 0.442 e. The van der Waals surface area contributed by atoms with Crippen LogP contribution in [0.1, 0.15) is 24.2 Å². The van der Waals surface area contributed by atoms with Crippen LogP contribution in [0.4, 0.5) is 0 Å². The fourth-order valence-electron chi connectivity index (χ4n) is 2.76. The minimum atomic E-state index is 0.798. The van der Waals surface area contributed by atoms with E-state index in [1.807, 2.05) is 12.1 Å². The van der Waals surface area contributed by atoms with Gasteiger partial charge in [0.2, 0.25) is 5.89 Å². The lowest BCUT2D eigenvalue weighted by atomic mass is 9.95. The normalized spacial score (nSPS) is 15.3. The number of aromatic nitrogens is 1. The second-order valence-corrected chi connectivity index (χ2v) is 4.75. The van der Waals surface area contributed by atoms with E-state index in [1.165, 1.54) is 29.4 Å². The molecule has 0 bridgehead atoms. The first-order chi connectivity index (χ1) is 8.42. The van der Waals surface area contributed by atoms with Gasteiger partial charge in [0, 0.05) is 17.4 Å². The summed E-state index contributed by atoms with van der Waals surface area (Å²) in [6.45, 7) is 0. The molecule has 0 radical (unpaired) electrons. The lowest BCUT2D eigenvalue weighted by molar-refractivity contribution is 0.457. The van der Waals surface area contributed by atoms with Gasteiger partial charge in [-0.1, -0.05) is 18.2 Å². The van der Waals surface area contributed by atoms with E-state index in [1.54, 1.807) is 0 Å². The van der Waals surface area contributed by atoms with E-state index in [4.69, 9.17) is 4.42 Å². The summed E-state index contributed by atoms with van der Waals surface area (Å²) in [5.41, 5.74) is 3.58. The maximum absolute atomic E-state index is 5.96. The summed E-state index contributed by atoms with van der Waals surface area (Å²) in [5, 5.41) is 1.21. The molecule has 0 aromatic heterocycles. The third-order valence-electron chi connectivity index (χ3n) is 3.64. The first-order valence-corrected chi connectivity index (χ1v) is 6.22. The lowest BCUT2D eigenvalue weighted by Crippen LogP contribution is -2.03. The molecule has 2 nitrogen and oxygen atoms in total. The highest BCUT2D eigenvalue weighted by molar-refractivity contribution is 5.95. The summed E-state index contributed by atoms with van der Waals surface area (Å²) in [6.07, 6.45) is 4.73. The Morgan fingerprint density at radius 2 is 1.94 bits per heavy atom. The Bertz CT molecular complexity index is 668. The van der Waals surface area contributed by atoms with E-state index in [0.717, 1.165) is 30.0 Å². The van der Waals surface area contributed by atoms with E-state index in [2.05, 4.69) is 23.2 Å². The molecule has 84 valence electrons. The maximum Gasteiger partial charge on any atom is 0.227 e. The van der Waals surface area contributed by atoms with Crippen LogP contribution in [-0.2, 0) is 12.8 Å². The Labute approximate surface area is 99.6 Å². The number of fused-ring (bicyclic) bond motifs is 4. The molecule has 0 saturated heterocycles. The Hall–Kier alpha value is -1.83. The van der Waals surface area contributed by atoms with Crippen LogP contribution in [0.5, 0.6) is 0 Å². The molecule has 0 saturated carbocycles. The first kappa shape index (κ1) is 9.23. The number of benzene rings is 1. The molecule has 2 heterocycles. The van der Waals surface area contributed by atoms with Crippen LogP contribution in [0.25, 0.3) is 22.4 Å². The van der Waals surface area contributed by atoms with Crippen molar-refractivity contribution < 1.29 is 4.42 Å². The fraction of sp³-hybridized carbons (Fsp3) is 0.267. The molecule has 2 aliphatic heterocycles. The Morgan fingerprint density at radius 3 is 2.94 bits per heavy atom. The molecule has 0 unspecified atom stereocenters. The van der Waals surface area contributed by atoms with Crippen molar-refractivity contribution in [2.45, 2.75) is 25.7 Å². The van der Waals surface area contributed by atoms with Gasteiger partial charge in [0.15, 0.2) is 0 Å². The van der Waals surface area contributed by atoms with E-state index < -0.39 is 0 Å². The van der Waals surface area contributed by atoms with Crippen molar-refractivity contribution in [3.8, 4) is 11.5 Å². The van der Waals surface area contributed by atoms with Gasteiger partial charge >= 0.3 is 0 Å². The van der Waals surface area contributed by atoms with Gasteiger partial charge < -0.3 is 4.42 Å². The number of aryl methyl sites for hydroxylation is 2. The van der Waals surface area contributed by atoms with Crippen LogP contribution in [0.15, 0.2) is 34.7 Å². The summed E-state index contributed by atoms with van der Waals surface area (Å²) in [4.78, 5) is 4.56. The predicted molar refractivity (Wildman–Crippen MR) is 67.3 cm³/mol. The van der Waals surface area contributed by atoms with Crippen molar-refractivity contribution in [1.29, 1.82) is 0 Å². The van der Waals surface area contributed by atoms with Crippen LogP contribution in [0.2, 0.25) is 0 Å². The van der Waals surface area contributed by atoms with Crippen molar-refractivity contribution in [3.05, 3.63) is 41.7 Å². The summed E-state index contributed by atoms with van der Waals surface area (Å²) >= 11 is 0. The fourth-order valence-corrected chi connectivity index (χ4v) is 2.76. The summed E-state index contributed by atoms with van der Waals surface area (Å²) in [5.74, 6) is 1.94. The molecule has 4 rings (SSSR count). The number of para-hydroxylation sites is 1.